The molecule has 0 aliphatic heterocycles. The molecular formula is C12H17N3O2. The summed E-state index contributed by atoms with van der Waals surface area (Å²) in [5.74, 6) is 0.241. The Morgan fingerprint density at radius 3 is 2.65 bits per heavy atom. The average Bonchev–Trinajstić information content (AvgIpc) is 2.75. The highest BCUT2D eigenvalue weighted by Crippen LogP contribution is 2.20. The number of aromatic nitrogens is 2. The lowest BCUT2D eigenvalue weighted by Crippen LogP contribution is -2.39. The molecule has 1 fully saturated rings. The van der Waals surface area contributed by atoms with Gasteiger partial charge in [-0.15, -0.1) is 0 Å². The van der Waals surface area contributed by atoms with Crippen molar-refractivity contribution in [2.45, 2.75) is 31.7 Å². The largest absolute Gasteiger partial charge is 0.340 e. The second kappa shape index (κ2) is 4.69. The Morgan fingerprint density at radius 1 is 1.47 bits per heavy atom. The van der Waals surface area contributed by atoms with Crippen molar-refractivity contribution in [3.05, 3.63) is 18.2 Å². The molecule has 0 radical (unpaired) electrons. The number of aryl methyl sites for hydroxylation is 1. The van der Waals surface area contributed by atoms with Gasteiger partial charge in [0, 0.05) is 39.2 Å². The van der Waals surface area contributed by atoms with Gasteiger partial charge < -0.3 is 9.47 Å². The number of imidazole rings is 1. The van der Waals surface area contributed by atoms with Gasteiger partial charge in [-0.3, -0.25) is 9.59 Å². The van der Waals surface area contributed by atoms with Crippen LogP contribution >= 0.6 is 0 Å². The van der Waals surface area contributed by atoms with E-state index in [0.717, 1.165) is 12.8 Å². The van der Waals surface area contributed by atoms with Gasteiger partial charge in [0.25, 0.3) is 5.91 Å². The van der Waals surface area contributed by atoms with Crippen molar-refractivity contribution >= 4 is 11.7 Å². The molecule has 1 aliphatic rings. The van der Waals surface area contributed by atoms with Crippen LogP contribution in [0, 0.1) is 0 Å². The third-order valence-corrected chi connectivity index (χ3v) is 3.30. The maximum Gasteiger partial charge on any atom is 0.274 e. The van der Waals surface area contributed by atoms with Crippen LogP contribution in [0.1, 0.15) is 36.2 Å². The Morgan fingerprint density at radius 2 is 2.12 bits per heavy atom. The summed E-state index contributed by atoms with van der Waals surface area (Å²) in [5.41, 5.74) is 0.465. The first-order valence-electron chi connectivity index (χ1n) is 5.84. The van der Waals surface area contributed by atoms with Crippen LogP contribution in [-0.2, 0) is 11.8 Å². The number of carbonyl (C=O) groups is 2. The van der Waals surface area contributed by atoms with Crippen molar-refractivity contribution in [1.29, 1.82) is 0 Å². The number of nitrogens with zero attached hydrogens (tertiary/aromatic N) is 3. The number of ketones is 1. The fourth-order valence-electron chi connectivity index (χ4n) is 2.18. The lowest BCUT2D eigenvalue weighted by Gasteiger charge is -2.30. The molecule has 0 bridgehead atoms. The van der Waals surface area contributed by atoms with Crippen LogP contribution in [-0.4, -0.2) is 39.2 Å². The zero-order valence-corrected chi connectivity index (χ0v) is 10.2. The average molecular weight is 235 g/mol. The van der Waals surface area contributed by atoms with Crippen molar-refractivity contribution in [3.8, 4) is 0 Å². The SMILES string of the molecule is CN(C(=O)c1cn(C)cn1)C1CCC(=O)CC1. The number of hydrogen-bond donors (Lipinski definition) is 0. The molecule has 1 heterocycles. The number of hydrogen-bond acceptors (Lipinski definition) is 3. The first-order valence-corrected chi connectivity index (χ1v) is 5.84. The van der Waals surface area contributed by atoms with Crippen LogP contribution in [0.15, 0.2) is 12.5 Å². The summed E-state index contributed by atoms with van der Waals surface area (Å²) in [6.45, 7) is 0. The van der Waals surface area contributed by atoms with E-state index in [1.54, 1.807) is 29.0 Å². The van der Waals surface area contributed by atoms with E-state index >= 15 is 0 Å². The smallest absolute Gasteiger partial charge is 0.274 e. The molecule has 0 saturated heterocycles. The molecule has 1 amide bonds. The second-order valence-electron chi connectivity index (χ2n) is 4.61. The predicted molar refractivity (Wildman–Crippen MR) is 62.6 cm³/mol. The standard InChI is InChI=1S/C12H17N3O2/c1-14-7-11(13-8-14)12(17)15(2)9-3-5-10(16)6-4-9/h7-9H,3-6H2,1-2H3. The second-order valence-corrected chi connectivity index (χ2v) is 4.61. The van der Waals surface area contributed by atoms with Gasteiger partial charge in [-0.25, -0.2) is 4.98 Å². The Hall–Kier alpha value is -1.65. The van der Waals surface area contributed by atoms with E-state index in [0.29, 0.717) is 24.3 Å². The number of carbonyl (C=O) groups excluding carboxylic acids is 2. The maximum absolute atomic E-state index is 12.1. The van der Waals surface area contributed by atoms with Gasteiger partial charge in [-0.05, 0) is 12.8 Å². The topological polar surface area (TPSA) is 55.2 Å². The molecule has 1 aromatic heterocycles. The lowest BCUT2D eigenvalue weighted by atomic mass is 9.93. The minimum atomic E-state index is -0.0649. The lowest BCUT2D eigenvalue weighted by molar-refractivity contribution is -0.121. The highest BCUT2D eigenvalue weighted by molar-refractivity contribution is 5.92. The molecular weight excluding hydrogens is 218 g/mol. The molecule has 1 aromatic rings. The summed E-state index contributed by atoms with van der Waals surface area (Å²) in [7, 11) is 3.63. The van der Waals surface area contributed by atoms with Crippen LogP contribution in [0.2, 0.25) is 0 Å². The fourth-order valence-corrected chi connectivity index (χ4v) is 2.18. The van der Waals surface area contributed by atoms with Crippen molar-refractivity contribution in [1.82, 2.24) is 14.5 Å². The van der Waals surface area contributed by atoms with Gasteiger partial charge in [0.15, 0.2) is 0 Å². The molecule has 92 valence electrons. The monoisotopic (exact) mass is 235 g/mol. The molecule has 0 N–H and O–H groups in total. The third-order valence-electron chi connectivity index (χ3n) is 3.30. The highest BCUT2D eigenvalue weighted by atomic mass is 16.2. The summed E-state index contributed by atoms with van der Waals surface area (Å²) in [6.07, 6.45) is 6.05. The summed E-state index contributed by atoms with van der Waals surface area (Å²) in [5, 5.41) is 0. The number of Topliss-reactive ketones (excluding diaryl/α,β-unsaturated/α-hetero) is 1. The van der Waals surface area contributed by atoms with E-state index in [4.69, 9.17) is 0 Å². The maximum atomic E-state index is 12.1. The molecule has 5 heteroatoms. The van der Waals surface area contributed by atoms with Gasteiger partial charge in [0.1, 0.15) is 11.5 Å². The zero-order valence-electron chi connectivity index (χ0n) is 10.2. The first-order chi connectivity index (χ1) is 8.08. The van der Waals surface area contributed by atoms with E-state index in [1.165, 1.54) is 0 Å². The molecule has 5 nitrogen and oxygen atoms in total. The van der Waals surface area contributed by atoms with Crippen LogP contribution < -0.4 is 0 Å². The van der Waals surface area contributed by atoms with E-state index < -0.39 is 0 Å². The third kappa shape index (κ3) is 2.54. The summed E-state index contributed by atoms with van der Waals surface area (Å²) in [4.78, 5) is 29.0. The summed E-state index contributed by atoms with van der Waals surface area (Å²) >= 11 is 0. The summed E-state index contributed by atoms with van der Waals surface area (Å²) < 4.78 is 1.76. The number of amides is 1. The van der Waals surface area contributed by atoms with Crippen LogP contribution in [0.4, 0.5) is 0 Å². The molecule has 1 saturated carbocycles. The normalized spacial score (nSPS) is 17.2. The first kappa shape index (κ1) is 11.8. The number of rotatable bonds is 2. The van der Waals surface area contributed by atoms with Crippen molar-refractivity contribution in [2.75, 3.05) is 7.05 Å². The highest BCUT2D eigenvalue weighted by Gasteiger charge is 2.26. The van der Waals surface area contributed by atoms with E-state index in [9.17, 15) is 9.59 Å². The van der Waals surface area contributed by atoms with Crippen molar-refractivity contribution in [2.24, 2.45) is 7.05 Å². The zero-order chi connectivity index (χ0) is 12.4. The quantitative estimate of drug-likeness (QED) is 0.768. The van der Waals surface area contributed by atoms with Gasteiger partial charge in [0.2, 0.25) is 0 Å². The molecule has 1 aliphatic carbocycles. The minimum absolute atomic E-state index is 0.0649. The van der Waals surface area contributed by atoms with E-state index in [1.807, 2.05) is 7.05 Å². The predicted octanol–water partition coefficient (Wildman–Crippen LogP) is 1.00. The minimum Gasteiger partial charge on any atom is -0.340 e. The molecule has 0 unspecified atom stereocenters. The molecule has 17 heavy (non-hydrogen) atoms. The van der Waals surface area contributed by atoms with Crippen molar-refractivity contribution in [3.63, 3.8) is 0 Å². The van der Waals surface area contributed by atoms with Gasteiger partial charge in [-0.1, -0.05) is 0 Å². The Bertz CT molecular complexity index is 429. The van der Waals surface area contributed by atoms with E-state index in [-0.39, 0.29) is 11.9 Å². The Labute approximate surface area is 100 Å². The summed E-state index contributed by atoms with van der Waals surface area (Å²) in [6, 6.07) is 0.169. The molecule has 0 aromatic carbocycles. The Balaban J connectivity index is 2.02. The molecule has 2 rings (SSSR count). The fraction of sp³-hybridized carbons (Fsp3) is 0.583. The van der Waals surface area contributed by atoms with E-state index in [2.05, 4.69) is 4.98 Å². The Kier molecular flexibility index (Phi) is 3.26. The van der Waals surface area contributed by atoms with Gasteiger partial charge in [0.05, 0.1) is 6.33 Å². The van der Waals surface area contributed by atoms with Gasteiger partial charge >= 0.3 is 0 Å². The van der Waals surface area contributed by atoms with Crippen molar-refractivity contribution < 1.29 is 9.59 Å². The molecule has 0 spiro atoms. The van der Waals surface area contributed by atoms with Crippen LogP contribution in [0.3, 0.4) is 0 Å². The molecule has 0 atom stereocenters. The van der Waals surface area contributed by atoms with Crippen LogP contribution in [0.25, 0.3) is 0 Å². The van der Waals surface area contributed by atoms with Gasteiger partial charge in [-0.2, -0.15) is 0 Å². The van der Waals surface area contributed by atoms with Crippen LogP contribution in [0.5, 0.6) is 0 Å².